The van der Waals surface area contributed by atoms with Gasteiger partial charge in [0.25, 0.3) is 0 Å². The summed E-state index contributed by atoms with van der Waals surface area (Å²) in [7, 11) is 3.26. The van der Waals surface area contributed by atoms with Crippen molar-refractivity contribution < 1.29 is 14.0 Å². The molecule has 0 aliphatic heterocycles. The average molecular weight is 253 g/mol. The number of benzene rings is 1. The largest absolute Gasteiger partial charge is 0.348 e. The van der Waals surface area contributed by atoms with E-state index in [1.54, 1.807) is 26.2 Å². The second kappa shape index (κ2) is 6.70. The van der Waals surface area contributed by atoms with Crippen LogP contribution in [0.5, 0.6) is 0 Å². The number of amides is 2. The number of para-hydroxylation sites is 1. The highest BCUT2D eigenvalue weighted by atomic mass is 19.1. The molecule has 0 heterocycles. The summed E-state index contributed by atoms with van der Waals surface area (Å²) in [6, 6.07) is 5.90. The number of hydrogen-bond donors (Lipinski definition) is 2. The fraction of sp³-hybridized carbons (Fsp3) is 0.333. The number of nitrogens with one attached hydrogen (secondary N) is 2. The number of carbonyl (C=O) groups is 2. The first-order chi connectivity index (χ1) is 8.50. The smallest absolute Gasteiger partial charge is 0.238 e. The first-order valence-electron chi connectivity index (χ1n) is 5.46. The lowest BCUT2D eigenvalue weighted by Gasteiger charge is -2.11. The van der Waals surface area contributed by atoms with Crippen LogP contribution in [0.25, 0.3) is 0 Å². The Morgan fingerprint density at radius 2 is 1.89 bits per heavy atom. The van der Waals surface area contributed by atoms with Gasteiger partial charge in [0.15, 0.2) is 0 Å². The molecule has 1 rings (SSSR count). The van der Waals surface area contributed by atoms with E-state index < -0.39 is 11.7 Å². The van der Waals surface area contributed by atoms with Crippen LogP contribution in [0.3, 0.4) is 0 Å². The topological polar surface area (TPSA) is 61.4 Å². The Balaban J connectivity index is 2.35. The van der Waals surface area contributed by atoms with Crippen LogP contribution < -0.4 is 10.6 Å². The molecular weight excluding hydrogens is 237 g/mol. The number of hydrogen-bond acceptors (Lipinski definition) is 3. The van der Waals surface area contributed by atoms with Crippen molar-refractivity contribution in [2.24, 2.45) is 0 Å². The molecule has 2 amide bonds. The number of rotatable bonds is 5. The Hall–Kier alpha value is -1.95. The minimum Gasteiger partial charge on any atom is -0.348 e. The molecule has 2 N–H and O–H groups in total. The van der Waals surface area contributed by atoms with E-state index in [0.29, 0.717) is 0 Å². The lowest BCUT2D eigenvalue weighted by molar-refractivity contribution is -0.127. The van der Waals surface area contributed by atoms with Gasteiger partial charge in [0, 0.05) is 14.1 Å². The van der Waals surface area contributed by atoms with Crippen molar-refractivity contribution in [2.75, 3.05) is 32.5 Å². The maximum atomic E-state index is 13.2. The average Bonchev–Trinajstić information content (AvgIpc) is 2.32. The van der Waals surface area contributed by atoms with E-state index in [-0.39, 0.29) is 24.7 Å². The molecular formula is C12H16FN3O2. The molecule has 1 aromatic rings. The minimum absolute atomic E-state index is 0.0477. The van der Waals surface area contributed by atoms with Gasteiger partial charge in [-0.15, -0.1) is 0 Å². The zero-order valence-corrected chi connectivity index (χ0v) is 10.4. The number of anilines is 1. The number of likely N-dealkylation sites (N-methyl/N-ethyl adjacent to an activating group) is 1. The molecule has 5 nitrogen and oxygen atoms in total. The highest BCUT2D eigenvalue weighted by Crippen LogP contribution is 2.11. The first kappa shape index (κ1) is 14.1. The second-order valence-electron chi connectivity index (χ2n) is 3.92. The van der Waals surface area contributed by atoms with Gasteiger partial charge in [0.05, 0.1) is 18.8 Å². The molecule has 98 valence electrons. The Labute approximate surface area is 105 Å². The van der Waals surface area contributed by atoms with E-state index in [9.17, 15) is 14.0 Å². The van der Waals surface area contributed by atoms with Crippen molar-refractivity contribution in [3.63, 3.8) is 0 Å². The van der Waals surface area contributed by atoms with Crippen molar-refractivity contribution in [3.8, 4) is 0 Å². The fourth-order valence-corrected chi connectivity index (χ4v) is 1.20. The number of carbonyl (C=O) groups excluding carboxylic acids is 2. The molecule has 0 saturated carbocycles. The number of nitrogens with zero attached hydrogens (tertiary/aromatic N) is 1. The van der Waals surface area contributed by atoms with E-state index in [0.717, 1.165) is 0 Å². The fourth-order valence-electron chi connectivity index (χ4n) is 1.20. The zero-order valence-electron chi connectivity index (χ0n) is 10.4. The van der Waals surface area contributed by atoms with Crippen molar-refractivity contribution in [1.29, 1.82) is 0 Å². The van der Waals surface area contributed by atoms with Gasteiger partial charge >= 0.3 is 0 Å². The summed E-state index contributed by atoms with van der Waals surface area (Å²) in [5.74, 6) is -1.02. The van der Waals surface area contributed by atoms with E-state index >= 15 is 0 Å². The summed E-state index contributed by atoms with van der Waals surface area (Å²) in [6.07, 6.45) is 0. The Morgan fingerprint density at radius 1 is 1.22 bits per heavy atom. The summed E-state index contributed by atoms with van der Waals surface area (Å²) in [5, 5.41) is 5.09. The summed E-state index contributed by atoms with van der Waals surface area (Å²) < 4.78 is 13.2. The van der Waals surface area contributed by atoms with Crippen LogP contribution in [0.15, 0.2) is 24.3 Å². The third-order valence-corrected chi connectivity index (χ3v) is 2.21. The van der Waals surface area contributed by atoms with Gasteiger partial charge < -0.3 is 10.2 Å². The summed E-state index contributed by atoms with van der Waals surface area (Å²) in [5.41, 5.74) is 0.128. The van der Waals surface area contributed by atoms with Crippen LogP contribution in [0.2, 0.25) is 0 Å². The maximum Gasteiger partial charge on any atom is 0.238 e. The molecule has 0 aromatic heterocycles. The van der Waals surface area contributed by atoms with Crippen LogP contribution in [-0.4, -0.2) is 43.9 Å². The molecule has 0 spiro atoms. The normalized spacial score (nSPS) is 9.94. The van der Waals surface area contributed by atoms with Crippen LogP contribution in [0.4, 0.5) is 10.1 Å². The van der Waals surface area contributed by atoms with Crippen LogP contribution in [0, 0.1) is 5.82 Å². The zero-order chi connectivity index (χ0) is 13.5. The Morgan fingerprint density at radius 3 is 2.50 bits per heavy atom. The monoisotopic (exact) mass is 253 g/mol. The first-order valence-corrected chi connectivity index (χ1v) is 5.46. The Kier molecular flexibility index (Phi) is 5.26. The molecule has 0 saturated heterocycles. The van der Waals surface area contributed by atoms with Gasteiger partial charge in [-0.3, -0.25) is 14.9 Å². The van der Waals surface area contributed by atoms with E-state index in [1.807, 2.05) is 0 Å². The predicted octanol–water partition coefficient (Wildman–Crippen LogP) is 0.442. The van der Waals surface area contributed by atoms with Crippen molar-refractivity contribution >= 4 is 17.5 Å². The second-order valence-corrected chi connectivity index (χ2v) is 3.92. The Bertz CT molecular complexity index is 435. The lowest BCUT2D eigenvalue weighted by atomic mass is 10.3. The van der Waals surface area contributed by atoms with Gasteiger partial charge in [-0.2, -0.15) is 0 Å². The van der Waals surface area contributed by atoms with Gasteiger partial charge in [-0.1, -0.05) is 12.1 Å². The standard InChI is InChI=1S/C12H16FN3O2/c1-16(2)12(18)8-14-7-11(17)15-10-6-4-3-5-9(10)13/h3-6,14H,7-8H2,1-2H3,(H,15,17). The van der Waals surface area contributed by atoms with Gasteiger partial charge in [0.2, 0.25) is 11.8 Å². The molecule has 0 bridgehead atoms. The summed E-state index contributed by atoms with van der Waals surface area (Å²) >= 11 is 0. The summed E-state index contributed by atoms with van der Waals surface area (Å²) in [4.78, 5) is 24.1. The highest BCUT2D eigenvalue weighted by molar-refractivity contribution is 5.92. The quantitative estimate of drug-likeness (QED) is 0.800. The molecule has 1 aromatic carbocycles. The molecule has 0 aliphatic rings. The highest BCUT2D eigenvalue weighted by Gasteiger charge is 2.07. The lowest BCUT2D eigenvalue weighted by Crippen LogP contribution is -2.37. The van der Waals surface area contributed by atoms with Crippen molar-refractivity contribution in [1.82, 2.24) is 10.2 Å². The third kappa shape index (κ3) is 4.50. The van der Waals surface area contributed by atoms with Crippen molar-refractivity contribution in [3.05, 3.63) is 30.1 Å². The molecule has 0 unspecified atom stereocenters. The van der Waals surface area contributed by atoms with Crippen LogP contribution in [0.1, 0.15) is 0 Å². The predicted molar refractivity (Wildman–Crippen MR) is 66.6 cm³/mol. The van der Waals surface area contributed by atoms with Crippen molar-refractivity contribution in [2.45, 2.75) is 0 Å². The van der Waals surface area contributed by atoms with Crippen LogP contribution >= 0.6 is 0 Å². The molecule has 0 atom stereocenters. The van der Waals surface area contributed by atoms with Gasteiger partial charge in [-0.25, -0.2) is 4.39 Å². The van der Waals surface area contributed by atoms with E-state index in [1.165, 1.54) is 17.0 Å². The molecule has 18 heavy (non-hydrogen) atoms. The molecule has 6 heteroatoms. The summed E-state index contributed by atoms with van der Waals surface area (Å²) in [6.45, 7) is 0.0195. The SMILES string of the molecule is CN(C)C(=O)CNCC(=O)Nc1ccccc1F. The number of halogens is 1. The van der Waals surface area contributed by atoms with Gasteiger partial charge in [-0.05, 0) is 12.1 Å². The molecule has 0 radical (unpaired) electrons. The molecule has 0 fully saturated rings. The minimum atomic E-state index is -0.491. The van der Waals surface area contributed by atoms with E-state index in [4.69, 9.17) is 0 Å². The van der Waals surface area contributed by atoms with Gasteiger partial charge in [0.1, 0.15) is 5.82 Å². The van der Waals surface area contributed by atoms with Crippen LogP contribution in [-0.2, 0) is 9.59 Å². The van der Waals surface area contributed by atoms with E-state index in [2.05, 4.69) is 10.6 Å². The molecule has 0 aliphatic carbocycles. The maximum absolute atomic E-state index is 13.2. The third-order valence-electron chi connectivity index (χ3n) is 2.21.